The van der Waals surface area contributed by atoms with Crippen LogP contribution in [-0.2, 0) is 6.42 Å². The zero-order chi connectivity index (χ0) is 22.1. The minimum Gasteiger partial charge on any atom is -0.393 e. The smallest absolute Gasteiger partial charge is 0.0811 e. The molecule has 30 heavy (non-hydrogen) atoms. The molecule has 2 atom stereocenters. The quantitative estimate of drug-likeness (QED) is 0.429. The van der Waals surface area contributed by atoms with Gasteiger partial charge in [0.15, 0.2) is 0 Å². The molecule has 3 nitrogen and oxygen atoms in total. The average molecular weight is 413 g/mol. The summed E-state index contributed by atoms with van der Waals surface area (Å²) in [6, 6.07) is 8.75. The Bertz CT molecular complexity index is 752. The van der Waals surface area contributed by atoms with Crippen molar-refractivity contribution in [2.75, 3.05) is 0 Å². The summed E-state index contributed by atoms with van der Waals surface area (Å²) >= 11 is 0. The highest BCUT2D eigenvalue weighted by atomic mass is 16.3. The highest BCUT2D eigenvalue weighted by Gasteiger charge is 2.24. The van der Waals surface area contributed by atoms with Gasteiger partial charge in [-0.2, -0.15) is 0 Å². The molecular formula is C27H40O3. The van der Waals surface area contributed by atoms with E-state index in [2.05, 4.69) is 43.8 Å². The Balaban J connectivity index is 2.15. The Kier molecular flexibility index (Phi) is 9.54. The third-order valence-electron chi connectivity index (χ3n) is 5.85. The highest BCUT2D eigenvalue weighted by Crippen LogP contribution is 2.30. The molecule has 3 N–H and O–H groups in total. The van der Waals surface area contributed by atoms with Gasteiger partial charge in [0.05, 0.1) is 17.8 Å². The standard InChI is InChI=1S/C27H40O3/c1-5-6-12-22(14-15-23-18-25(28)19-26(29)20(23)2)24-13-9-11-21(17-24)10-7-8-16-27(3,4)30/h9,11,13-15,17,25-26,28-30H,2,5-8,10,12,16,18-19H2,1,3-4H3/b22-14+,23-15-/t25-,26+/m1/s1. The third-order valence-corrected chi connectivity index (χ3v) is 5.85. The predicted octanol–water partition coefficient (Wildman–Crippen LogP) is 5.74. The Hall–Kier alpha value is -1.68. The summed E-state index contributed by atoms with van der Waals surface area (Å²) in [6.45, 7) is 9.95. The van der Waals surface area contributed by atoms with E-state index in [1.54, 1.807) is 0 Å². The molecule has 0 saturated heterocycles. The molecule has 2 rings (SSSR count). The topological polar surface area (TPSA) is 60.7 Å². The third kappa shape index (κ3) is 8.22. The first-order valence-corrected chi connectivity index (χ1v) is 11.5. The van der Waals surface area contributed by atoms with E-state index >= 15 is 0 Å². The second-order valence-electron chi connectivity index (χ2n) is 9.34. The summed E-state index contributed by atoms with van der Waals surface area (Å²) < 4.78 is 0. The van der Waals surface area contributed by atoms with Gasteiger partial charge in [0.2, 0.25) is 0 Å². The van der Waals surface area contributed by atoms with Gasteiger partial charge in [-0.25, -0.2) is 0 Å². The summed E-state index contributed by atoms with van der Waals surface area (Å²) in [5.41, 5.74) is 4.93. The largest absolute Gasteiger partial charge is 0.393 e. The van der Waals surface area contributed by atoms with Crippen molar-refractivity contribution in [3.05, 3.63) is 65.3 Å². The maximum absolute atomic E-state index is 10.1. The van der Waals surface area contributed by atoms with Gasteiger partial charge in [0.1, 0.15) is 0 Å². The van der Waals surface area contributed by atoms with Gasteiger partial charge < -0.3 is 15.3 Å². The van der Waals surface area contributed by atoms with E-state index in [4.69, 9.17) is 0 Å². The summed E-state index contributed by atoms with van der Waals surface area (Å²) in [4.78, 5) is 0. The molecule has 166 valence electrons. The van der Waals surface area contributed by atoms with Crippen LogP contribution in [0.25, 0.3) is 5.57 Å². The lowest BCUT2D eigenvalue weighted by Gasteiger charge is -2.26. The lowest BCUT2D eigenvalue weighted by Crippen LogP contribution is -2.26. The lowest BCUT2D eigenvalue weighted by atomic mass is 9.85. The van der Waals surface area contributed by atoms with Crippen molar-refractivity contribution >= 4 is 5.57 Å². The first kappa shape index (κ1) is 24.6. The molecule has 1 aromatic rings. The maximum Gasteiger partial charge on any atom is 0.0811 e. The minimum absolute atomic E-state index is 0.373. The summed E-state index contributed by atoms with van der Waals surface area (Å²) in [5, 5.41) is 30.0. The molecule has 0 spiro atoms. The van der Waals surface area contributed by atoms with Gasteiger partial charge in [-0.05, 0) is 80.2 Å². The zero-order valence-electron chi connectivity index (χ0n) is 19.0. The fourth-order valence-corrected chi connectivity index (χ4v) is 3.96. The maximum atomic E-state index is 10.1. The highest BCUT2D eigenvalue weighted by molar-refractivity contribution is 5.68. The van der Waals surface area contributed by atoms with Crippen LogP contribution < -0.4 is 0 Å². The second kappa shape index (κ2) is 11.6. The number of benzene rings is 1. The van der Waals surface area contributed by atoms with E-state index in [-0.39, 0.29) is 0 Å². The Labute approximate surface area is 182 Å². The number of aryl methyl sites for hydroxylation is 1. The van der Waals surface area contributed by atoms with Crippen LogP contribution in [-0.4, -0.2) is 33.1 Å². The first-order valence-electron chi connectivity index (χ1n) is 11.5. The van der Waals surface area contributed by atoms with Crippen LogP contribution in [0.15, 0.2) is 54.1 Å². The molecule has 3 heteroatoms. The summed E-state index contributed by atoms with van der Waals surface area (Å²) in [6.07, 6.45) is 11.1. The average Bonchev–Trinajstić information content (AvgIpc) is 2.68. The van der Waals surface area contributed by atoms with Crippen molar-refractivity contribution in [3.63, 3.8) is 0 Å². The zero-order valence-corrected chi connectivity index (χ0v) is 19.0. The molecular weight excluding hydrogens is 372 g/mol. The van der Waals surface area contributed by atoms with Gasteiger partial charge >= 0.3 is 0 Å². The number of hydrogen-bond donors (Lipinski definition) is 3. The van der Waals surface area contributed by atoms with Crippen LogP contribution in [0.1, 0.15) is 83.3 Å². The molecule has 0 heterocycles. The first-order chi connectivity index (χ1) is 14.2. The number of rotatable bonds is 10. The van der Waals surface area contributed by atoms with E-state index in [1.165, 1.54) is 16.7 Å². The van der Waals surface area contributed by atoms with Crippen LogP contribution in [0.2, 0.25) is 0 Å². The monoisotopic (exact) mass is 412 g/mol. The van der Waals surface area contributed by atoms with Crippen LogP contribution in [0, 0.1) is 0 Å². The SMILES string of the molecule is C=C1/C(=C\C=C(/CCCC)c2cccc(CCCCC(C)(C)O)c2)C[C@@H](O)C[C@@H]1O. The van der Waals surface area contributed by atoms with Crippen LogP contribution >= 0.6 is 0 Å². The lowest BCUT2D eigenvalue weighted by molar-refractivity contribution is 0.0682. The van der Waals surface area contributed by atoms with Crippen molar-refractivity contribution < 1.29 is 15.3 Å². The van der Waals surface area contributed by atoms with Crippen molar-refractivity contribution in [3.8, 4) is 0 Å². The molecule has 1 fully saturated rings. The van der Waals surface area contributed by atoms with Crippen LogP contribution in [0.4, 0.5) is 0 Å². The number of aliphatic hydroxyl groups is 3. The van der Waals surface area contributed by atoms with Crippen LogP contribution in [0.3, 0.4) is 0 Å². The minimum atomic E-state index is -0.653. The van der Waals surface area contributed by atoms with Gasteiger partial charge in [-0.1, -0.05) is 62.8 Å². The molecule has 1 saturated carbocycles. The molecule has 0 bridgehead atoms. The van der Waals surface area contributed by atoms with Crippen molar-refractivity contribution in [2.45, 2.75) is 96.4 Å². The number of aliphatic hydroxyl groups excluding tert-OH is 2. The number of allylic oxidation sites excluding steroid dienone is 3. The Morgan fingerprint density at radius 2 is 1.97 bits per heavy atom. The van der Waals surface area contributed by atoms with E-state index in [0.29, 0.717) is 12.8 Å². The molecule has 0 unspecified atom stereocenters. The van der Waals surface area contributed by atoms with Gasteiger partial charge in [-0.15, -0.1) is 0 Å². The molecule has 1 aliphatic carbocycles. The van der Waals surface area contributed by atoms with Crippen molar-refractivity contribution in [1.29, 1.82) is 0 Å². The fourth-order valence-electron chi connectivity index (χ4n) is 3.96. The Morgan fingerprint density at radius 3 is 2.67 bits per heavy atom. The van der Waals surface area contributed by atoms with Crippen LogP contribution in [0.5, 0.6) is 0 Å². The summed E-state index contributed by atoms with van der Waals surface area (Å²) in [7, 11) is 0. The predicted molar refractivity (Wildman–Crippen MR) is 126 cm³/mol. The number of hydrogen-bond acceptors (Lipinski definition) is 3. The van der Waals surface area contributed by atoms with E-state index in [1.807, 2.05) is 19.9 Å². The molecule has 0 amide bonds. The molecule has 1 aromatic carbocycles. The summed E-state index contributed by atoms with van der Waals surface area (Å²) in [5.74, 6) is 0. The molecule has 0 radical (unpaired) electrons. The van der Waals surface area contributed by atoms with Gasteiger partial charge in [-0.3, -0.25) is 0 Å². The van der Waals surface area contributed by atoms with E-state index in [0.717, 1.165) is 56.1 Å². The normalized spacial score (nSPS) is 22.0. The number of unbranched alkanes of at least 4 members (excludes halogenated alkanes) is 2. The molecule has 1 aliphatic rings. The van der Waals surface area contributed by atoms with E-state index < -0.39 is 17.8 Å². The Morgan fingerprint density at radius 1 is 1.20 bits per heavy atom. The van der Waals surface area contributed by atoms with Gasteiger partial charge in [0, 0.05) is 6.42 Å². The van der Waals surface area contributed by atoms with Crippen molar-refractivity contribution in [1.82, 2.24) is 0 Å². The molecule has 0 aromatic heterocycles. The van der Waals surface area contributed by atoms with Gasteiger partial charge in [0.25, 0.3) is 0 Å². The second-order valence-corrected chi connectivity index (χ2v) is 9.34. The molecule has 0 aliphatic heterocycles. The van der Waals surface area contributed by atoms with E-state index in [9.17, 15) is 15.3 Å². The van der Waals surface area contributed by atoms with Crippen molar-refractivity contribution in [2.24, 2.45) is 0 Å². The fraction of sp³-hybridized carbons (Fsp3) is 0.556.